The molecule has 174 valence electrons. The van der Waals surface area contributed by atoms with Crippen LogP contribution in [0.25, 0.3) is 0 Å². The molecule has 1 atom stereocenters. The highest BCUT2D eigenvalue weighted by atomic mass is 32.2. The highest BCUT2D eigenvalue weighted by Crippen LogP contribution is 2.31. The fraction of sp³-hybridized carbons (Fsp3) is 0.269. The van der Waals surface area contributed by atoms with E-state index in [0.29, 0.717) is 30.2 Å². The average molecular weight is 467 g/mol. The lowest BCUT2D eigenvalue weighted by Gasteiger charge is -2.24. The van der Waals surface area contributed by atoms with E-state index in [-0.39, 0.29) is 18.4 Å². The van der Waals surface area contributed by atoms with Crippen LogP contribution in [0.4, 0.5) is 5.69 Å². The second kappa shape index (κ2) is 11.0. The van der Waals surface area contributed by atoms with E-state index in [4.69, 9.17) is 4.74 Å². The molecule has 0 heterocycles. The van der Waals surface area contributed by atoms with Gasteiger partial charge in [0.25, 0.3) is 5.91 Å². The third-order valence-corrected chi connectivity index (χ3v) is 6.44. The molecular weight excluding hydrogens is 436 g/mol. The molecule has 0 radical (unpaired) electrons. The van der Waals surface area contributed by atoms with Crippen molar-refractivity contribution in [3.05, 3.63) is 95.6 Å². The molecule has 0 saturated carbocycles. The quantitative estimate of drug-likeness (QED) is 0.474. The molecule has 6 nitrogen and oxygen atoms in total. The van der Waals surface area contributed by atoms with Crippen LogP contribution in [0.15, 0.2) is 78.9 Å². The molecule has 0 spiro atoms. The molecule has 7 heteroatoms. The first kappa shape index (κ1) is 24.3. The number of para-hydroxylation sites is 2. The van der Waals surface area contributed by atoms with Gasteiger partial charge in [-0.2, -0.15) is 0 Å². The SMILES string of the molecule is CCOc1ccccc1N(Cc1ccc(C(=O)NC[C@H](C)c2ccccc2)cc1)S(C)(=O)=O. The Kier molecular flexibility index (Phi) is 8.11. The standard InChI is InChI=1S/C26H30N2O4S/c1-4-32-25-13-9-8-12-24(25)28(33(3,30)31)19-21-14-16-23(17-15-21)26(29)27-18-20(2)22-10-6-5-7-11-22/h5-17,20H,4,18-19H2,1-3H3,(H,27,29)/t20-/m0/s1. The first-order valence-electron chi connectivity index (χ1n) is 10.9. The van der Waals surface area contributed by atoms with Crippen LogP contribution in [0, 0.1) is 0 Å². The molecule has 1 amide bonds. The lowest BCUT2D eigenvalue weighted by atomic mass is 10.0. The van der Waals surface area contributed by atoms with E-state index < -0.39 is 10.0 Å². The van der Waals surface area contributed by atoms with E-state index in [1.54, 1.807) is 48.5 Å². The third kappa shape index (κ3) is 6.58. The van der Waals surface area contributed by atoms with Gasteiger partial charge in [0.15, 0.2) is 0 Å². The number of hydrogen-bond acceptors (Lipinski definition) is 4. The largest absolute Gasteiger partial charge is 0.492 e. The second-order valence-corrected chi connectivity index (χ2v) is 9.80. The second-order valence-electron chi connectivity index (χ2n) is 7.89. The first-order valence-corrected chi connectivity index (χ1v) is 12.8. The normalized spacial score (nSPS) is 12.1. The van der Waals surface area contributed by atoms with E-state index in [1.807, 2.05) is 37.3 Å². The van der Waals surface area contributed by atoms with Crippen molar-refractivity contribution in [2.75, 3.05) is 23.7 Å². The van der Waals surface area contributed by atoms with Crippen LogP contribution in [-0.2, 0) is 16.6 Å². The highest BCUT2D eigenvalue weighted by molar-refractivity contribution is 7.92. The fourth-order valence-electron chi connectivity index (χ4n) is 3.50. The maximum Gasteiger partial charge on any atom is 0.251 e. The number of nitrogens with one attached hydrogen (secondary N) is 1. The number of rotatable bonds is 10. The first-order chi connectivity index (χ1) is 15.8. The third-order valence-electron chi connectivity index (χ3n) is 5.31. The van der Waals surface area contributed by atoms with Gasteiger partial charge in [-0.25, -0.2) is 8.42 Å². The molecule has 1 N–H and O–H groups in total. The maximum atomic E-state index is 12.6. The Hall–Kier alpha value is -3.32. The molecule has 0 unspecified atom stereocenters. The van der Waals surface area contributed by atoms with E-state index in [2.05, 4.69) is 12.2 Å². The molecule has 0 fully saturated rings. The number of carbonyl (C=O) groups is 1. The minimum atomic E-state index is -3.55. The van der Waals surface area contributed by atoms with Crippen molar-refractivity contribution in [3.63, 3.8) is 0 Å². The summed E-state index contributed by atoms with van der Waals surface area (Å²) in [6, 6.07) is 24.1. The predicted molar refractivity (Wildman–Crippen MR) is 132 cm³/mol. The summed E-state index contributed by atoms with van der Waals surface area (Å²) in [4.78, 5) is 12.6. The number of carbonyl (C=O) groups excluding carboxylic acids is 1. The summed E-state index contributed by atoms with van der Waals surface area (Å²) in [7, 11) is -3.55. The van der Waals surface area contributed by atoms with Gasteiger partial charge in [0, 0.05) is 12.1 Å². The number of hydrogen-bond donors (Lipinski definition) is 1. The minimum Gasteiger partial charge on any atom is -0.492 e. The van der Waals surface area contributed by atoms with Crippen molar-refractivity contribution in [2.45, 2.75) is 26.3 Å². The Morgan fingerprint density at radius 3 is 2.24 bits per heavy atom. The molecule has 0 aromatic heterocycles. The van der Waals surface area contributed by atoms with Crippen molar-refractivity contribution >= 4 is 21.6 Å². The summed E-state index contributed by atoms with van der Waals surface area (Å²) in [6.45, 7) is 5.02. The summed E-state index contributed by atoms with van der Waals surface area (Å²) in [6.07, 6.45) is 1.17. The molecule has 0 aliphatic rings. The van der Waals surface area contributed by atoms with Crippen LogP contribution >= 0.6 is 0 Å². The van der Waals surface area contributed by atoms with E-state index >= 15 is 0 Å². The van der Waals surface area contributed by atoms with Crippen LogP contribution in [0.3, 0.4) is 0 Å². The van der Waals surface area contributed by atoms with Gasteiger partial charge in [-0.1, -0.05) is 61.5 Å². The molecule has 3 aromatic carbocycles. The topological polar surface area (TPSA) is 75.7 Å². The molecule has 3 rings (SSSR count). The minimum absolute atomic E-state index is 0.135. The lowest BCUT2D eigenvalue weighted by Crippen LogP contribution is -2.30. The predicted octanol–water partition coefficient (Wildman–Crippen LogP) is 4.59. The van der Waals surface area contributed by atoms with E-state index in [9.17, 15) is 13.2 Å². The van der Waals surface area contributed by atoms with Gasteiger partial charge in [-0.3, -0.25) is 9.10 Å². The van der Waals surface area contributed by atoms with E-state index in [1.165, 1.54) is 16.1 Å². The van der Waals surface area contributed by atoms with Gasteiger partial charge >= 0.3 is 0 Å². The Bertz CT molecular complexity index is 1160. The zero-order chi connectivity index (χ0) is 23.8. The number of sulfonamides is 1. The van der Waals surface area contributed by atoms with Crippen molar-refractivity contribution < 1.29 is 17.9 Å². The highest BCUT2D eigenvalue weighted by Gasteiger charge is 2.21. The Morgan fingerprint density at radius 2 is 1.61 bits per heavy atom. The summed E-state index contributed by atoms with van der Waals surface area (Å²) in [5.74, 6) is 0.545. The van der Waals surface area contributed by atoms with E-state index in [0.717, 1.165) is 5.56 Å². The summed E-state index contributed by atoms with van der Waals surface area (Å²) in [5, 5.41) is 2.97. The number of benzene rings is 3. The van der Waals surface area contributed by atoms with Gasteiger partial charge in [0.2, 0.25) is 10.0 Å². The number of amides is 1. The molecule has 0 saturated heterocycles. The lowest BCUT2D eigenvalue weighted by molar-refractivity contribution is 0.0951. The van der Waals surface area contributed by atoms with Crippen LogP contribution < -0.4 is 14.4 Å². The van der Waals surface area contributed by atoms with Crippen molar-refractivity contribution in [3.8, 4) is 5.75 Å². The van der Waals surface area contributed by atoms with Gasteiger partial charge in [-0.05, 0) is 48.2 Å². The summed E-state index contributed by atoms with van der Waals surface area (Å²) in [5.41, 5.74) is 2.94. The fourth-order valence-corrected chi connectivity index (χ4v) is 4.39. The number of ether oxygens (including phenoxy) is 1. The van der Waals surface area contributed by atoms with Gasteiger partial charge in [-0.15, -0.1) is 0 Å². The number of nitrogens with zero attached hydrogens (tertiary/aromatic N) is 1. The molecule has 0 aliphatic heterocycles. The average Bonchev–Trinajstić information content (AvgIpc) is 2.82. The zero-order valence-corrected chi connectivity index (χ0v) is 20.0. The smallest absolute Gasteiger partial charge is 0.251 e. The van der Waals surface area contributed by atoms with Gasteiger partial charge < -0.3 is 10.1 Å². The monoisotopic (exact) mass is 466 g/mol. The van der Waals surface area contributed by atoms with Crippen LogP contribution in [-0.4, -0.2) is 33.7 Å². The summed E-state index contributed by atoms with van der Waals surface area (Å²) >= 11 is 0. The van der Waals surface area contributed by atoms with Crippen LogP contribution in [0.1, 0.15) is 41.3 Å². The van der Waals surface area contributed by atoms with Crippen LogP contribution in [0.2, 0.25) is 0 Å². The number of anilines is 1. The molecule has 3 aromatic rings. The molecule has 0 bridgehead atoms. The molecule has 33 heavy (non-hydrogen) atoms. The maximum absolute atomic E-state index is 12.6. The van der Waals surface area contributed by atoms with Crippen molar-refractivity contribution in [1.82, 2.24) is 5.32 Å². The van der Waals surface area contributed by atoms with Crippen molar-refractivity contribution in [1.29, 1.82) is 0 Å². The van der Waals surface area contributed by atoms with Crippen LogP contribution in [0.5, 0.6) is 5.75 Å². The summed E-state index contributed by atoms with van der Waals surface area (Å²) < 4.78 is 32.0. The Morgan fingerprint density at radius 1 is 0.970 bits per heavy atom. The molecule has 0 aliphatic carbocycles. The molecular formula is C26H30N2O4S. The van der Waals surface area contributed by atoms with Crippen molar-refractivity contribution in [2.24, 2.45) is 0 Å². The van der Waals surface area contributed by atoms with Gasteiger partial charge in [0.05, 0.1) is 25.1 Å². The Labute approximate surface area is 196 Å². The Balaban J connectivity index is 1.70. The zero-order valence-electron chi connectivity index (χ0n) is 19.2. The van der Waals surface area contributed by atoms with Gasteiger partial charge in [0.1, 0.15) is 5.75 Å².